The summed E-state index contributed by atoms with van der Waals surface area (Å²) in [5, 5.41) is 3.41. The quantitative estimate of drug-likeness (QED) is 0.910. The van der Waals surface area contributed by atoms with Gasteiger partial charge in [-0.2, -0.15) is 0 Å². The Morgan fingerprint density at radius 1 is 1.42 bits per heavy atom. The van der Waals surface area contributed by atoms with E-state index in [1.165, 1.54) is 7.11 Å². The second-order valence-corrected chi connectivity index (χ2v) is 5.75. The van der Waals surface area contributed by atoms with Crippen molar-refractivity contribution in [3.63, 3.8) is 0 Å². The number of piperazine rings is 1. The lowest BCUT2D eigenvalue weighted by Gasteiger charge is -2.46. The third-order valence-electron chi connectivity index (χ3n) is 3.99. The van der Waals surface area contributed by atoms with Crippen molar-refractivity contribution in [3.05, 3.63) is 29.6 Å². The fourth-order valence-electron chi connectivity index (χ4n) is 2.84. The van der Waals surface area contributed by atoms with Crippen LogP contribution in [0.15, 0.2) is 18.2 Å². The molecule has 0 amide bonds. The van der Waals surface area contributed by atoms with Gasteiger partial charge in [-0.15, -0.1) is 0 Å². The predicted octanol–water partition coefficient (Wildman–Crippen LogP) is 2.58. The summed E-state index contributed by atoms with van der Waals surface area (Å²) in [5.74, 6) is 0.00955. The molecule has 0 aliphatic carbocycles. The summed E-state index contributed by atoms with van der Waals surface area (Å²) in [7, 11) is 1.49. The number of hydrogen-bond acceptors (Lipinski definition) is 3. The smallest absolute Gasteiger partial charge is 0.165 e. The first-order chi connectivity index (χ1) is 8.95. The first-order valence-electron chi connectivity index (χ1n) is 6.76. The highest BCUT2D eigenvalue weighted by molar-refractivity contribution is 5.31. The van der Waals surface area contributed by atoms with E-state index >= 15 is 0 Å². The van der Waals surface area contributed by atoms with Crippen LogP contribution in [0.4, 0.5) is 4.39 Å². The first kappa shape index (κ1) is 14.3. The molecule has 1 heterocycles. The molecule has 4 heteroatoms. The maximum atomic E-state index is 13.8. The molecule has 19 heavy (non-hydrogen) atoms. The van der Waals surface area contributed by atoms with Gasteiger partial charge in [0.25, 0.3) is 0 Å². The van der Waals surface area contributed by atoms with Crippen molar-refractivity contribution < 1.29 is 9.13 Å². The van der Waals surface area contributed by atoms with Gasteiger partial charge in [0, 0.05) is 31.2 Å². The van der Waals surface area contributed by atoms with Crippen LogP contribution in [-0.4, -0.2) is 37.2 Å². The van der Waals surface area contributed by atoms with Crippen molar-refractivity contribution in [2.45, 2.75) is 32.4 Å². The van der Waals surface area contributed by atoms with Crippen LogP contribution in [0.25, 0.3) is 0 Å². The molecule has 0 radical (unpaired) electrons. The minimum Gasteiger partial charge on any atom is -0.494 e. The summed E-state index contributed by atoms with van der Waals surface area (Å²) in [5.41, 5.74) is 1.07. The van der Waals surface area contributed by atoms with E-state index in [0.717, 1.165) is 25.2 Å². The van der Waals surface area contributed by atoms with Gasteiger partial charge >= 0.3 is 0 Å². The number of nitrogens with one attached hydrogen (secondary N) is 1. The van der Waals surface area contributed by atoms with E-state index in [-0.39, 0.29) is 17.4 Å². The molecule has 1 aromatic rings. The molecular formula is C15H23FN2O. The molecule has 1 atom stereocenters. The molecule has 2 rings (SSSR count). The van der Waals surface area contributed by atoms with E-state index in [2.05, 4.69) is 31.0 Å². The molecule has 1 aliphatic heterocycles. The highest BCUT2D eigenvalue weighted by Gasteiger charge is 2.33. The number of benzene rings is 1. The Hall–Kier alpha value is -1.13. The van der Waals surface area contributed by atoms with Crippen molar-refractivity contribution in [2.24, 2.45) is 0 Å². The number of halogens is 1. The van der Waals surface area contributed by atoms with E-state index < -0.39 is 0 Å². The molecule has 1 unspecified atom stereocenters. The van der Waals surface area contributed by atoms with Crippen molar-refractivity contribution in [1.82, 2.24) is 10.2 Å². The van der Waals surface area contributed by atoms with Gasteiger partial charge < -0.3 is 10.1 Å². The number of hydrogen-bond donors (Lipinski definition) is 1. The number of nitrogens with zero attached hydrogens (tertiary/aromatic N) is 1. The molecule has 1 N–H and O–H groups in total. The van der Waals surface area contributed by atoms with Crippen LogP contribution in [0.1, 0.15) is 32.4 Å². The topological polar surface area (TPSA) is 24.5 Å². The Morgan fingerprint density at radius 2 is 2.16 bits per heavy atom. The molecule has 0 spiro atoms. The third-order valence-corrected chi connectivity index (χ3v) is 3.99. The summed E-state index contributed by atoms with van der Waals surface area (Å²) in [6, 6.07) is 5.43. The van der Waals surface area contributed by atoms with E-state index in [9.17, 15) is 4.39 Å². The molecule has 0 saturated carbocycles. The fraction of sp³-hybridized carbons (Fsp3) is 0.600. The van der Waals surface area contributed by atoms with E-state index in [0.29, 0.717) is 5.75 Å². The highest BCUT2D eigenvalue weighted by Crippen LogP contribution is 2.31. The highest BCUT2D eigenvalue weighted by atomic mass is 19.1. The largest absolute Gasteiger partial charge is 0.494 e. The van der Waals surface area contributed by atoms with Gasteiger partial charge in [0.15, 0.2) is 11.6 Å². The molecule has 0 bridgehead atoms. The molecule has 0 aromatic heterocycles. The molecule has 1 aromatic carbocycles. The van der Waals surface area contributed by atoms with Gasteiger partial charge in [0.1, 0.15) is 0 Å². The lowest BCUT2D eigenvalue weighted by Crippen LogP contribution is -2.58. The minimum atomic E-state index is -0.292. The normalized spacial score (nSPS) is 21.1. The minimum absolute atomic E-state index is 0.0775. The fourth-order valence-corrected chi connectivity index (χ4v) is 2.84. The van der Waals surface area contributed by atoms with Gasteiger partial charge in [-0.05, 0) is 38.5 Å². The van der Waals surface area contributed by atoms with Gasteiger partial charge in [-0.1, -0.05) is 6.07 Å². The van der Waals surface area contributed by atoms with Crippen molar-refractivity contribution in [1.29, 1.82) is 0 Å². The van der Waals surface area contributed by atoms with Crippen molar-refractivity contribution in [2.75, 3.05) is 26.7 Å². The van der Waals surface area contributed by atoms with Crippen molar-refractivity contribution in [3.8, 4) is 5.75 Å². The number of rotatable bonds is 3. The maximum Gasteiger partial charge on any atom is 0.165 e. The van der Waals surface area contributed by atoms with Crippen LogP contribution in [0.3, 0.4) is 0 Å². The second kappa shape index (κ2) is 5.47. The predicted molar refractivity (Wildman–Crippen MR) is 75.0 cm³/mol. The first-order valence-corrected chi connectivity index (χ1v) is 6.76. The summed E-state index contributed by atoms with van der Waals surface area (Å²) < 4.78 is 18.8. The van der Waals surface area contributed by atoms with Crippen LogP contribution in [0.5, 0.6) is 5.75 Å². The van der Waals surface area contributed by atoms with Crippen molar-refractivity contribution >= 4 is 0 Å². The molecule has 1 saturated heterocycles. The average molecular weight is 266 g/mol. The molecule has 3 nitrogen and oxygen atoms in total. The third kappa shape index (κ3) is 2.90. The van der Waals surface area contributed by atoms with E-state index in [1.807, 2.05) is 6.07 Å². The zero-order valence-electron chi connectivity index (χ0n) is 12.2. The summed E-state index contributed by atoms with van der Waals surface area (Å²) >= 11 is 0. The van der Waals surface area contributed by atoms with Crippen LogP contribution in [0, 0.1) is 5.82 Å². The van der Waals surface area contributed by atoms with E-state index in [1.54, 1.807) is 12.1 Å². The summed E-state index contributed by atoms with van der Waals surface area (Å²) in [4.78, 5) is 2.42. The van der Waals surface area contributed by atoms with E-state index in [4.69, 9.17) is 4.74 Å². The molecular weight excluding hydrogens is 243 g/mol. The van der Waals surface area contributed by atoms with Crippen LogP contribution in [0.2, 0.25) is 0 Å². The maximum absolute atomic E-state index is 13.8. The van der Waals surface area contributed by atoms with Gasteiger partial charge in [0.2, 0.25) is 0 Å². The SMILES string of the molecule is COc1ccc(C(C)N2CCNCC2(C)C)cc1F. The zero-order valence-corrected chi connectivity index (χ0v) is 12.2. The molecule has 1 fully saturated rings. The van der Waals surface area contributed by atoms with Crippen LogP contribution < -0.4 is 10.1 Å². The Morgan fingerprint density at radius 3 is 2.74 bits per heavy atom. The zero-order chi connectivity index (χ0) is 14.0. The Balaban J connectivity index is 2.23. The summed E-state index contributed by atoms with van der Waals surface area (Å²) in [6.45, 7) is 9.48. The Kier molecular flexibility index (Phi) is 4.11. The number of ether oxygens (including phenoxy) is 1. The lowest BCUT2D eigenvalue weighted by atomic mass is 9.95. The molecule has 106 valence electrons. The Bertz CT molecular complexity index is 448. The second-order valence-electron chi connectivity index (χ2n) is 5.75. The average Bonchev–Trinajstić information content (AvgIpc) is 2.37. The monoisotopic (exact) mass is 266 g/mol. The van der Waals surface area contributed by atoms with Gasteiger partial charge in [-0.25, -0.2) is 4.39 Å². The summed E-state index contributed by atoms with van der Waals surface area (Å²) in [6.07, 6.45) is 0. The van der Waals surface area contributed by atoms with Gasteiger partial charge in [-0.3, -0.25) is 4.90 Å². The lowest BCUT2D eigenvalue weighted by molar-refractivity contribution is 0.0515. The Labute approximate surface area is 114 Å². The molecule has 1 aliphatic rings. The standard InChI is InChI=1S/C15H23FN2O/c1-11(18-8-7-17-10-15(18,2)3)12-5-6-14(19-4)13(16)9-12/h5-6,9,11,17H,7-8,10H2,1-4H3. The van der Waals surface area contributed by atoms with Crippen LogP contribution in [-0.2, 0) is 0 Å². The van der Waals surface area contributed by atoms with Crippen LogP contribution >= 0.6 is 0 Å². The van der Waals surface area contributed by atoms with Gasteiger partial charge in [0.05, 0.1) is 7.11 Å². The number of methoxy groups -OCH3 is 1.